The van der Waals surface area contributed by atoms with E-state index in [1.807, 2.05) is 39.0 Å². The van der Waals surface area contributed by atoms with E-state index in [4.69, 9.17) is 4.74 Å². The van der Waals surface area contributed by atoms with Gasteiger partial charge in [-0.1, -0.05) is 6.58 Å². The molecule has 0 spiro atoms. The van der Waals surface area contributed by atoms with E-state index in [1.165, 1.54) is 35.4 Å². The number of hydrogen-bond acceptors (Lipinski definition) is 6. The van der Waals surface area contributed by atoms with Crippen LogP contribution in [0.4, 0.5) is 10.1 Å². The summed E-state index contributed by atoms with van der Waals surface area (Å²) in [6.07, 6.45) is 1.78. The summed E-state index contributed by atoms with van der Waals surface area (Å²) in [5, 5.41) is 2.51. The molecule has 0 bridgehead atoms. The molecule has 0 atom stereocenters. The van der Waals surface area contributed by atoms with Gasteiger partial charge >= 0.3 is 0 Å². The summed E-state index contributed by atoms with van der Waals surface area (Å²) >= 11 is 2.73. The summed E-state index contributed by atoms with van der Waals surface area (Å²) in [4.78, 5) is 17.3. The van der Waals surface area contributed by atoms with Crippen LogP contribution in [-0.4, -0.2) is 9.55 Å². The molecule has 0 aliphatic rings. The summed E-state index contributed by atoms with van der Waals surface area (Å²) in [6, 6.07) is 8.61. The van der Waals surface area contributed by atoms with E-state index in [0.717, 1.165) is 21.8 Å². The van der Waals surface area contributed by atoms with Crippen molar-refractivity contribution in [2.24, 2.45) is 7.05 Å². The van der Waals surface area contributed by atoms with Gasteiger partial charge in [0.05, 0.1) is 10.5 Å². The molecule has 4 aromatic rings. The topological polar surface area (TPSA) is 56.1 Å². The Morgan fingerprint density at radius 1 is 1.19 bits per heavy atom. The molecule has 1 N–H and O–H groups in total. The van der Waals surface area contributed by atoms with Gasteiger partial charge in [0.15, 0.2) is 0 Å². The Balaban J connectivity index is 1.95. The van der Waals surface area contributed by atoms with Gasteiger partial charge in [-0.2, -0.15) is 0 Å². The minimum atomic E-state index is -0.300. The van der Waals surface area contributed by atoms with Crippen molar-refractivity contribution in [3.05, 3.63) is 80.8 Å². The molecular weight excluding hydrogens is 445 g/mol. The summed E-state index contributed by atoms with van der Waals surface area (Å²) in [7, 11) is 1.73. The summed E-state index contributed by atoms with van der Waals surface area (Å²) in [5.74, 6) is 0.887. The van der Waals surface area contributed by atoms with Gasteiger partial charge in [-0.05, 0) is 79.6 Å². The Morgan fingerprint density at radius 2 is 1.91 bits per heavy atom. The molecule has 5 nitrogen and oxygen atoms in total. The number of hydrogen-bond donors (Lipinski definition) is 1. The fourth-order valence-corrected chi connectivity index (χ4v) is 4.86. The molecule has 0 unspecified atom stereocenters. The number of rotatable bonds is 6. The van der Waals surface area contributed by atoms with Gasteiger partial charge < -0.3 is 14.0 Å². The van der Waals surface area contributed by atoms with Crippen LogP contribution in [0.25, 0.3) is 21.3 Å². The minimum absolute atomic E-state index is 0.0847. The van der Waals surface area contributed by atoms with E-state index in [0.29, 0.717) is 32.8 Å². The van der Waals surface area contributed by atoms with Crippen molar-refractivity contribution in [2.45, 2.75) is 20.8 Å². The first-order valence-corrected chi connectivity index (χ1v) is 11.6. The van der Waals surface area contributed by atoms with E-state index in [1.54, 1.807) is 23.2 Å². The molecule has 0 saturated heterocycles. The van der Waals surface area contributed by atoms with E-state index in [9.17, 15) is 9.18 Å². The standard InChI is InChI=1S/C24H22FN3O2S2/c1-6-31-27-17-7-8-20(30-22-13(2)9-16(25)10-14(22)3)18(11-17)19-12-28(5)24(29)23-21(19)26-15(4)32-23/h6-12,27H,1H2,2-5H3. The molecule has 32 heavy (non-hydrogen) atoms. The van der Waals surface area contributed by atoms with Crippen molar-refractivity contribution >= 4 is 39.2 Å². The predicted molar refractivity (Wildman–Crippen MR) is 132 cm³/mol. The number of thiazole rings is 1. The second-order valence-corrected chi connectivity index (χ2v) is 9.41. The third kappa shape index (κ3) is 4.16. The molecule has 2 aromatic carbocycles. The van der Waals surface area contributed by atoms with Gasteiger partial charge in [0.25, 0.3) is 5.56 Å². The van der Waals surface area contributed by atoms with Crippen molar-refractivity contribution in [1.82, 2.24) is 9.55 Å². The highest BCUT2D eigenvalue weighted by atomic mass is 32.2. The largest absolute Gasteiger partial charge is 0.456 e. The first kappa shape index (κ1) is 22.1. The van der Waals surface area contributed by atoms with Crippen LogP contribution in [0, 0.1) is 26.6 Å². The number of benzene rings is 2. The quantitative estimate of drug-likeness (QED) is 0.319. The number of anilines is 1. The van der Waals surface area contributed by atoms with Crippen LogP contribution >= 0.6 is 23.3 Å². The average Bonchev–Trinajstić information content (AvgIpc) is 3.14. The highest BCUT2D eigenvalue weighted by Gasteiger charge is 2.19. The van der Waals surface area contributed by atoms with Crippen LogP contribution in [0.3, 0.4) is 0 Å². The van der Waals surface area contributed by atoms with Crippen molar-refractivity contribution in [1.29, 1.82) is 0 Å². The number of aromatic nitrogens is 2. The molecule has 4 rings (SSSR count). The van der Waals surface area contributed by atoms with Gasteiger partial charge in [0.1, 0.15) is 22.0 Å². The molecule has 0 fully saturated rings. The second kappa shape index (κ2) is 8.80. The van der Waals surface area contributed by atoms with E-state index >= 15 is 0 Å². The summed E-state index contributed by atoms with van der Waals surface area (Å²) < 4.78 is 25.5. The third-order valence-electron chi connectivity index (χ3n) is 4.99. The number of ether oxygens (including phenoxy) is 1. The first-order valence-electron chi connectivity index (χ1n) is 9.87. The van der Waals surface area contributed by atoms with Gasteiger partial charge in [-0.3, -0.25) is 4.79 Å². The number of nitrogens with zero attached hydrogens (tertiary/aromatic N) is 2. The summed E-state index contributed by atoms with van der Waals surface area (Å²) in [5.41, 5.74) is 4.36. The van der Waals surface area contributed by atoms with Crippen LogP contribution in [0.2, 0.25) is 0 Å². The molecule has 0 amide bonds. The Hall–Kier alpha value is -3.10. The zero-order chi connectivity index (χ0) is 23.0. The molecule has 0 saturated carbocycles. The number of halogens is 1. The zero-order valence-corrected chi connectivity index (χ0v) is 19.8. The van der Waals surface area contributed by atoms with E-state index in [2.05, 4.69) is 16.3 Å². The minimum Gasteiger partial charge on any atom is -0.456 e. The van der Waals surface area contributed by atoms with Crippen LogP contribution in [-0.2, 0) is 7.05 Å². The lowest BCUT2D eigenvalue weighted by Gasteiger charge is -2.17. The first-order chi connectivity index (χ1) is 15.3. The molecule has 2 aromatic heterocycles. The molecular formula is C24H22FN3O2S2. The molecule has 0 radical (unpaired) electrons. The Kier molecular flexibility index (Phi) is 6.08. The lowest BCUT2D eigenvalue weighted by Crippen LogP contribution is -2.15. The van der Waals surface area contributed by atoms with Crippen molar-refractivity contribution < 1.29 is 9.13 Å². The van der Waals surface area contributed by atoms with Crippen molar-refractivity contribution in [2.75, 3.05) is 4.72 Å². The van der Waals surface area contributed by atoms with Gasteiger partial charge in [0, 0.05) is 30.1 Å². The fourth-order valence-electron chi connectivity index (χ4n) is 3.60. The maximum atomic E-state index is 13.8. The van der Waals surface area contributed by atoms with Gasteiger partial charge in [-0.15, -0.1) is 11.3 Å². The molecule has 2 heterocycles. The van der Waals surface area contributed by atoms with Gasteiger partial charge in [0.2, 0.25) is 0 Å². The number of fused-ring (bicyclic) bond motifs is 1. The monoisotopic (exact) mass is 467 g/mol. The Morgan fingerprint density at radius 3 is 2.59 bits per heavy atom. The number of nitrogens with one attached hydrogen (secondary N) is 1. The molecule has 164 valence electrons. The van der Waals surface area contributed by atoms with Crippen LogP contribution in [0.5, 0.6) is 11.5 Å². The molecule has 0 aliphatic carbocycles. The van der Waals surface area contributed by atoms with Gasteiger partial charge in [-0.25, -0.2) is 9.37 Å². The highest BCUT2D eigenvalue weighted by Crippen LogP contribution is 2.40. The van der Waals surface area contributed by atoms with Crippen LogP contribution < -0.4 is 15.0 Å². The molecule has 0 aliphatic heterocycles. The number of pyridine rings is 1. The highest BCUT2D eigenvalue weighted by molar-refractivity contribution is 8.03. The Bertz CT molecular complexity index is 1390. The Labute approximate surface area is 193 Å². The normalized spacial score (nSPS) is 11.0. The van der Waals surface area contributed by atoms with Crippen molar-refractivity contribution in [3.63, 3.8) is 0 Å². The smallest absolute Gasteiger partial charge is 0.269 e. The lowest BCUT2D eigenvalue weighted by molar-refractivity contribution is 0.474. The van der Waals surface area contributed by atoms with E-state index in [-0.39, 0.29) is 11.4 Å². The third-order valence-corrected chi connectivity index (χ3v) is 6.47. The zero-order valence-electron chi connectivity index (χ0n) is 18.2. The number of aryl methyl sites for hydroxylation is 4. The summed E-state index contributed by atoms with van der Waals surface area (Å²) in [6.45, 7) is 9.23. The fraction of sp³-hybridized carbons (Fsp3) is 0.167. The average molecular weight is 468 g/mol. The van der Waals surface area contributed by atoms with Crippen LogP contribution in [0.1, 0.15) is 16.1 Å². The van der Waals surface area contributed by atoms with Crippen molar-refractivity contribution in [3.8, 4) is 22.6 Å². The van der Waals surface area contributed by atoms with Crippen LogP contribution in [0.15, 0.2) is 53.3 Å². The molecule has 8 heteroatoms. The SMILES string of the molecule is C=CSNc1ccc(Oc2c(C)cc(F)cc2C)c(-c2cn(C)c(=O)c3sc(C)nc23)c1. The lowest BCUT2D eigenvalue weighted by atomic mass is 10.0. The second-order valence-electron chi connectivity index (χ2n) is 7.44. The predicted octanol–water partition coefficient (Wildman–Crippen LogP) is 6.72. The van der Waals surface area contributed by atoms with E-state index < -0.39 is 0 Å². The maximum absolute atomic E-state index is 13.8. The maximum Gasteiger partial charge on any atom is 0.269 e.